The summed E-state index contributed by atoms with van der Waals surface area (Å²) in [6.45, 7) is 8.13. The fourth-order valence-electron chi connectivity index (χ4n) is 2.75. The van der Waals surface area contributed by atoms with Crippen molar-refractivity contribution >= 4 is 15.7 Å². The summed E-state index contributed by atoms with van der Waals surface area (Å²) in [4.78, 5) is 2.30. The molecule has 1 aromatic rings. The number of aryl methyl sites for hydroxylation is 1. The number of hydrogen-bond donors (Lipinski definition) is 0. The van der Waals surface area contributed by atoms with Crippen LogP contribution in [0.3, 0.4) is 0 Å². The minimum atomic E-state index is -3.08. The lowest BCUT2D eigenvalue weighted by Crippen LogP contribution is -2.54. The summed E-state index contributed by atoms with van der Waals surface area (Å²) in [5.74, 6) is 0.279. The van der Waals surface area contributed by atoms with Crippen LogP contribution in [0.4, 0.5) is 5.69 Å². The Kier molecular flexibility index (Phi) is 5.27. The van der Waals surface area contributed by atoms with Gasteiger partial charge >= 0.3 is 0 Å². The summed E-state index contributed by atoms with van der Waals surface area (Å²) in [5, 5.41) is 0. The van der Waals surface area contributed by atoms with E-state index in [4.69, 9.17) is 0 Å². The van der Waals surface area contributed by atoms with Gasteiger partial charge in [0.25, 0.3) is 0 Å². The Bertz CT molecular complexity index is 554. The van der Waals surface area contributed by atoms with E-state index in [1.807, 2.05) is 6.92 Å². The zero-order valence-electron chi connectivity index (χ0n) is 13.2. The molecule has 0 bridgehead atoms. The summed E-state index contributed by atoms with van der Waals surface area (Å²) in [5.41, 5.74) is 2.42. The third kappa shape index (κ3) is 3.98. The van der Waals surface area contributed by atoms with Crippen LogP contribution in [0.2, 0.25) is 0 Å². The first-order valence-corrected chi connectivity index (χ1v) is 9.36. The van der Waals surface area contributed by atoms with Crippen molar-refractivity contribution in [3.8, 4) is 0 Å². The standard InChI is InChI=1S/C16H26N2O2S/c1-4-5-12-21(19,20)17-10-11-18(15(3)13-17)16-8-6-14(2)7-9-16/h6-9,15H,4-5,10-13H2,1-3H3. The van der Waals surface area contributed by atoms with E-state index in [2.05, 4.69) is 43.0 Å². The first-order valence-electron chi connectivity index (χ1n) is 7.75. The van der Waals surface area contributed by atoms with Gasteiger partial charge in [-0.3, -0.25) is 0 Å². The maximum Gasteiger partial charge on any atom is 0.214 e. The maximum atomic E-state index is 12.3. The van der Waals surface area contributed by atoms with Crippen LogP contribution in [-0.2, 0) is 10.0 Å². The van der Waals surface area contributed by atoms with Gasteiger partial charge < -0.3 is 4.90 Å². The van der Waals surface area contributed by atoms with Gasteiger partial charge in [-0.1, -0.05) is 31.0 Å². The largest absolute Gasteiger partial charge is 0.366 e. The Labute approximate surface area is 128 Å². The van der Waals surface area contributed by atoms with E-state index in [-0.39, 0.29) is 11.8 Å². The maximum absolute atomic E-state index is 12.3. The highest BCUT2D eigenvalue weighted by molar-refractivity contribution is 7.89. The van der Waals surface area contributed by atoms with Crippen LogP contribution in [0.15, 0.2) is 24.3 Å². The number of rotatable bonds is 5. The first-order chi connectivity index (χ1) is 9.94. The Hall–Kier alpha value is -1.07. The summed E-state index contributed by atoms with van der Waals surface area (Å²) in [6, 6.07) is 8.65. The van der Waals surface area contributed by atoms with Crippen LogP contribution < -0.4 is 4.90 Å². The van der Waals surface area contributed by atoms with Crippen molar-refractivity contribution < 1.29 is 8.42 Å². The predicted octanol–water partition coefficient (Wildman–Crippen LogP) is 2.64. The molecule has 0 spiro atoms. The molecule has 0 radical (unpaired) electrons. The van der Waals surface area contributed by atoms with Gasteiger partial charge in [0.2, 0.25) is 10.0 Å². The van der Waals surface area contributed by atoms with Gasteiger partial charge in [0.05, 0.1) is 5.75 Å². The van der Waals surface area contributed by atoms with Gasteiger partial charge in [-0.2, -0.15) is 4.31 Å². The lowest BCUT2D eigenvalue weighted by Gasteiger charge is -2.40. The smallest absolute Gasteiger partial charge is 0.214 e. The van der Waals surface area contributed by atoms with Gasteiger partial charge in [-0.25, -0.2) is 8.42 Å². The van der Waals surface area contributed by atoms with E-state index < -0.39 is 10.0 Å². The molecule has 118 valence electrons. The zero-order chi connectivity index (χ0) is 15.5. The molecule has 1 fully saturated rings. The summed E-state index contributed by atoms with van der Waals surface area (Å²) in [7, 11) is -3.08. The summed E-state index contributed by atoms with van der Waals surface area (Å²) < 4.78 is 26.2. The van der Waals surface area contributed by atoms with Gasteiger partial charge in [0.15, 0.2) is 0 Å². The molecule has 1 aromatic carbocycles. The van der Waals surface area contributed by atoms with E-state index in [1.54, 1.807) is 4.31 Å². The van der Waals surface area contributed by atoms with Crippen LogP contribution in [0.25, 0.3) is 0 Å². The van der Waals surface area contributed by atoms with Gasteiger partial charge in [0, 0.05) is 31.4 Å². The molecule has 4 nitrogen and oxygen atoms in total. The molecule has 1 atom stereocenters. The molecule has 0 saturated carbocycles. The average Bonchev–Trinajstić information content (AvgIpc) is 2.46. The van der Waals surface area contributed by atoms with Crippen LogP contribution in [0.1, 0.15) is 32.3 Å². The van der Waals surface area contributed by atoms with Crippen LogP contribution in [0.5, 0.6) is 0 Å². The Morgan fingerprint density at radius 3 is 2.43 bits per heavy atom. The second kappa shape index (κ2) is 6.79. The molecule has 0 aromatic heterocycles. The Balaban J connectivity index is 2.03. The third-order valence-corrected chi connectivity index (χ3v) is 6.03. The molecule has 2 rings (SSSR count). The summed E-state index contributed by atoms with van der Waals surface area (Å²) >= 11 is 0. The quantitative estimate of drug-likeness (QED) is 0.839. The van der Waals surface area contributed by atoms with E-state index in [9.17, 15) is 8.42 Å². The molecule has 0 aliphatic carbocycles. The normalized spacial score (nSPS) is 20.7. The Morgan fingerprint density at radius 1 is 1.19 bits per heavy atom. The molecule has 0 amide bonds. The molecular formula is C16H26N2O2S. The Morgan fingerprint density at radius 2 is 1.86 bits per heavy atom. The number of anilines is 1. The molecular weight excluding hydrogens is 284 g/mol. The third-order valence-electron chi connectivity index (χ3n) is 4.11. The van der Waals surface area contributed by atoms with Crippen molar-refractivity contribution in [2.75, 3.05) is 30.3 Å². The number of nitrogens with zero attached hydrogens (tertiary/aromatic N) is 2. The zero-order valence-corrected chi connectivity index (χ0v) is 14.1. The summed E-state index contributed by atoms with van der Waals surface area (Å²) in [6.07, 6.45) is 1.66. The monoisotopic (exact) mass is 310 g/mol. The SMILES string of the molecule is CCCCS(=O)(=O)N1CCN(c2ccc(C)cc2)C(C)C1. The average molecular weight is 310 g/mol. The lowest BCUT2D eigenvalue weighted by atomic mass is 10.1. The minimum absolute atomic E-state index is 0.206. The molecule has 5 heteroatoms. The van der Waals surface area contributed by atoms with Crippen LogP contribution >= 0.6 is 0 Å². The molecule has 1 aliphatic rings. The molecule has 1 heterocycles. The lowest BCUT2D eigenvalue weighted by molar-refractivity contribution is 0.342. The highest BCUT2D eigenvalue weighted by Crippen LogP contribution is 2.22. The van der Waals surface area contributed by atoms with Crippen molar-refractivity contribution in [2.24, 2.45) is 0 Å². The van der Waals surface area contributed by atoms with E-state index in [0.717, 1.165) is 19.4 Å². The van der Waals surface area contributed by atoms with Crippen molar-refractivity contribution in [3.05, 3.63) is 29.8 Å². The van der Waals surface area contributed by atoms with Crippen molar-refractivity contribution in [1.29, 1.82) is 0 Å². The fraction of sp³-hybridized carbons (Fsp3) is 0.625. The molecule has 1 saturated heterocycles. The van der Waals surface area contributed by atoms with Gasteiger partial charge in [0.1, 0.15) is 0 Å². The van der Waals surface area contributed by atoms with Gasteiger partial charge in [-0.05, 0) is 32.4 Å². The van der Waals surface area contributed by atoms with E-state index in [1.165, 1.54) is 11.3 Å². The van der Waals surface area contributed by atoms with E-state index in [0.29, 0.717) is 13.1 Å². The molecule has 1 aliphatic heterocycles. The number of unbranched alkanes of at least 4 members (excludes halogenated alkanes) is 1. The first kappa shape index (κ1) is 16.3. The van der Waals surface area contributed by atoms with Crippen LogP contribution in [0, 0.1) is 6.92 Å². The van der Waals surface area contributed by atoms with Crippen LogP contribution in [-0.4, -0.2) is 44.2 Å². The second-order valence-electron chi connectivity index (χ2n) is 5.91. The number of piperazine rings is 1. The molecule has 1 unspecified atom stereocenters. The predicted molar refractivity (Wildman–Crippen MR) is 88.3 cm³/mol. The highest BCUT2D eigenvalue weighted by atomic mass is 32.2. The molecule has 0 N–H and O–H groups in total. The number of hydrogen-bond acceptors (Lipinski definition) is 3. The molecule has 21 heavy (non-hydrogen) atoms. The van der Waals surface area contributed by atoms with Crippen molar-refractivity contribution in [2.45, 2.75) is 39.7 Å². The fourth-order valence-corrected chi connectivity index (χ4v) is 4.47. The van der Waals surface area contributed by atoms with Crippen molar-refractivity contribution in [3.63, 3.8) is 0 Å². The number of benzene rings is 1. The minimum Gasteiger partial charge on any atom is -0.366 e. The second-order valence-corrected chi connectivity index (χ2v) is 7.99. The topological polar surface area (TPSA) is 40.6 Å². The van der Waals surface area contributed by atoms with Gasteiger partial charge in [-0.15, -0.1) is 0 Å². The van der Waals surface area contributed by atoms with E-state index >= 15 is 0 Å². The van der Waals surface area contributed by atoms with Crippen molar-refractivity contribution in [1.82, 2.24) is 4.31 Å². The highest BCUT2D eigenvalue weighted by Gasteiger charge is 2.30. The number of sulfonamides is 1.